The maximum atomic E-state index is 13.5. The molecule has 0 aromatic heterocycles. The molecular weight excluding hydrogens is 444 g/mol. The fraction of sp³-hybridized carbons (Fsp3) is 0.500. The van der Waals surface area contributed by atoms with Gasteiger partial charge < -0.3 is 24.4 Å². The van der Waals surface area contributed by atoms with Gasteiger partial charge in [0, 0.05) is 19.0 Å². The Kier molecular flexibility index (Phi) is 11.4. The number of nitrogens with one attached hydrogen (secondary N) is 1. The Morgan fingerprint density at radius 3 is 2.11 bits per heavy atom. The number of hydrogen-bond donors (Lipinski definition) is 1. The smallest absolute Gasteiger partial charge is 0.243 e. The lowest BCUT2D eigenvalue weighted by Gasteiger charge is -2.31. The second kappa shape index (κ2) is 14.2. The lowest BCUT2D eigenvalue weighted by atomic mass is 10.1. The van der Waals surface area contributed by atoms with Gasteiger partial charge in [0.2, 0.25) is 11.8 Å². The molecule has 0 aliphatic carbocycles. The molecule has 1 N–H and O–H groups in total. The van der Waals surface area contributed by atoms with Gasteiger partial charge in [0.25, 0.3) is 0 Å². The third kappa shape index (κ3) is 8.50. The molecule has 0 unspecified atom stereocenters. The molecule has 0 saturated carbocycles. The highest BCUT2D eigenvalue weighted by atomic mass is 16.5. The van der Waals surface area contributed by atoms with Crippen LogP contribution in [0.5, 0.6) is 17.2 Å². The van der Waals surface area contributed by atoms with E-state index >= 15 is 0 Å². The van der Waals surface area contributed by atoms with E-state index in [-0.39, 0.29) is 24.3 Å². The van der Waals surface area contributed by atoms with Crippen molar-refractivity contribution >= 4 is 11.8 Å². The van der Waals surface area contributed by atoms with Crippen LogP contribution >= 0.6 is 0 Å². The van der Waals surface area contributed by atoms with E-state index < -0.39 is 6.04 Å². The quantitative estimate of drug-likeness (QED) is 0.418. The minimum atomic E-state index is -0.550. The fourth-order valence-electron chi connectivity index (χ4n) is 3.87. The average molecular weight is 485 g/mol. The summed E-state index contributed by atoms with van der Waals surface area (Å²) < 4.78 is 16.6. The van der Waals surface area contributed by atoms with Gasteiger partial charge in [-0.1, -0.05) is 25.1 Å². The zero-order valence-corrected chi connectivity index (χ0v) is 21.9. The number of carbonyl (C=O) groups is 2. The van der Waals surface area contributed by atoms with Crippen LogP contribution in [0.15, 0.2) is 42.5 Å². The third-order valence-electron chi connectivity index (χ3n) is 5.56. The molecule has 0 fully saturated rings. The summed E-state index contributed by atoms with van der Waals surface area (Å²) in [6.07, 6.45) is 1.34. The van der Waals surface area contributed by atoms with Crippen LogP contribution in [0.2, 0.25) is 0 Å². The van der Waals surface area contributed by atoms with Crippen molar-refractivity contribution < 1.29 is 23.8 Å². The number of nitrogens with zero attached hydrogens (tertiary/aromatic N) is 1. The number of benzene rings is 2. The minimum absolute atomic E-state index is 0.00432. The predicted molar refractivity (Wildman–Crippen MR) is 138 cm³/mol. The van der Waals surface area contributed by atoms with Crippen molar-refractivity contribution in [1.82, 2.24) is 10.2 Å². The maximum absolute atomic E-state index is 13.5. The molecule has 0 bridgehead atoms. The normalized spacial score (nSPS) is 11.6. The lowest BCUT2D eigenvalue weighted by Crippen LogP contribution is -2.50. The number of ether oxygens (including phenoxy) is 3. The minimum Gasteiger partial charge on any atom is -0.497 e. The van der Waals surface area contributed by atoms with Crippen molar-refractivity contribution in [3.8, 4) is 17.2 Å². The van der Waals surface area contributed by atoms with Crippen LogP contribution in [-0.2, 0) is 22.6 Å². The third-order valence-corrected chi connectivity index (χ3v) is 5.56. The fourth-order valence-corrected chi connectivity index (χ4v) is 3.87. The van der Waals surface area contributed by atoms with Crippen LogP contribution in [0.1, 0.15) is 58.6 Å². The number of rotatable bonds is 14. The molecule has 0 aliphatic heterocycles. The Morgan fingerprint density at radius 1 is 0.914 bits per heavy atom. The monoisotopic (exact) mass is 484 g/mol. The van der Waals surface area contributed by atoms with Gasteiger partial charge in [-0.05, 0) is 75.9 Å². The molecule has 1 atom stereocenters. The van der Waals surface area contributed by atoms with E-state index in [0.29, 0.717) is 44.1 Å². The molecule has 0 heterocycles. The number of hydrogen-bond acceptors (Lipinski definition) is 5. The Hall–Kier alpha value is -3.22. The molecule has 0 aliphatic rings. The summed E-state index contributed by atoms with van der Waals surface area (Å²) in [6, 6.07) is 12.8. The second-order valence-corrected chi connectivity index (χ2v) is 8.60. The molecule has 2 amide bonds. The van der Waals surface area contributed by atoms with Crippen molar-refractivity contribution in [3.63, 3.8) is 0 Å². The van der Waals surface area contributed by atoms with E-state index in [1.807, 2.05) is 77.1 Å². The Labute approximate surface area is 209 Å². The first-order valence-electron chi connectivity index (χ1n) is 12.4. The first kappa shape index (κ1) is 28.0. The average Bonchev–Trinajstić information content (AvgIpc) is 2.84. The summed E-state index contributed by atoms with van der Waals surface area (Å²) in [5.74, 6) is 1.92. The molecule has 2 aromatic rings. The summed E-state index contributed by atoms with van der Waals surface area (Å²) in [5.41, 5.74) is 1.92. The molecule has 0 spiro atoms. The first-order valence-corrected chi connectivity index (χ1v) is 12.4. The summed E-state index contributed by atoms with van der Waals surface area (Å²) >= 11 is 0. The standard InChI is InChI=1S/C28H40N2O5/c1-7-24(28(32)29-20(4)5)30(19-22-10-14-23(33-6)15-11-22)27(31)17-13-21-12-16-25(34-8-2)26(18-21)35-9-3/h10-12,14-16,18,20,24H,7-9,13,17,19H2,1-6H3,(H,29,32)/t24-/m0/s1. The number of amides is 2. The molecule has 2 rings (SSSR count). The Morgan fingerprint density at radius 2 is 1.54 bits per heavy atom. The molecule has 0 saturated heterocycles. The van der Waals surface area contributed by atoms with E-state index in [0.717, 1.165) is 16.9 Å². The molecule has 7 nitrogen and oxygen atoms in total. The zero-order valence-electron chi connectivity index (χ0n) is 21.9. The van der Waals surface area contributed by atoms with Gasteiger partial charge in [0.1, 0.15) is 11.8 Å². The largest absolute Gasteiger partial charge is 0.497 e. The van der Waals surface area contributed by atoms with Crippen molar-refractivity contribution in [2.45, 2.75) is 72.5 Å². The summed E-state index contributed by atoms with van der Waals surface area (Å²) in [7, 11) is 1.62. The van der Waals surface area contributed by atoms with Crippen molar-refractivity contribution in [1.29, 1.82) is 0 Å². The van der Waals surface area contributed by atoms with Gasteiger partial charge >= 0.3 is 0 Å². The molecule has 35 heavy (non-hydrogen) atoms. The summed E-state index contributed by atoms with van der Waals surface area (Å²) in [5, 5.41) is 2.96. The van der Waals surface area contributed by atoms with Gasteiger partial charge in [-0.2, -0.15) is 0 Å². The van der Waals surface area contributed by atoms with Crippen molar-refractivity contribution in [2.75, 3.05) is 20.3 Å². The van der Waals surface area contributed by atoms with E-state index in [2.05, 4.69) is 5.32 Å². The van der Waals surface area contributed by atoms with E-state index in [1.54, 1.807) is 12.0 Å². The van der Waals surface area contributed by atoms with Crippen molar-refractivity contribution in [2.24, 2.45) is 0 Å². The van der Waals surface area contributed by atoms with Crippen LogP contribution in [0.3, 0.4) is 0 Å². The first-order chi connectivity index (χ1) is 16.8. The Balaban J connectivity index is 2.23. The van der Waals surface area contributed by atoms with E-state index in [1.165, 1.54) is 0 Å². The van der Waals surface area contributed by atoms with Gasteiger partial charge in [-0.3, -0.25) is 9.59 Å². The highest BCUT2D eigenvalue weighted by molar-refractivity contribution is 5.87. The maximum Gasteiger partial charge on any atom is 0.243 e. The predicted octanol–water partition coefficient (Wildman–Crippen LogP) is 4.76. The Bertz CT molecular complexity index is 943. The number of aryl methyl sites for hydroxylation is 1. The van der Waals surface area contributed by atoms with E-state index in [4.69, 9.17) is 14.2 Å². The van der Waals surface area contributed by atoms with Crippen LogP contribution < -0.4 is 19.5 Å². The highest BCUT2D eigenvalue weighted by Crippen LogP contribution is 2.29. The molecular formula is C28H40N2O5. The molecule has 2 aromatic carbocycles. The van der Waals surface area contributed by atoms with Gasteiger partial charge in [-0.15, -0.1) is 0 Å². The number of carbonyl (C=O) groups excluding carboxylic acids is 2. The van der Waals surface area contributed by atoms with Gasteiger partial charge in [0.15, 0.2) is 11.5 Å². The van der Waals surface area contributed by atoms with Gasteiger partial charge in [-0.25, -0.2) is 0 Å². The van der Waals surface area contributed by atoms with Gasteiger partial charge in [0.05, 0.1) is 20.3 Å². The summed E-state index contributed by atoms with van der Waals surface area (Å²) in [6.45, 7) is 11.1. The van der Waals surface area contributed by atoms with Crippen LogP contribution in [0.25, 0.3) is 0 Å². The van der Waals surface area contributed by atoms with Crippen molar-refractivity contribution in [3.05, 3.63) is 53.6 Å². The highest BCUT2D eigenvalue weighted by Gasteiger charge is 2.28. The van der Waals surface area contributed by atoms with Crippen LogP contribution in [0.4, 0.5) is 0 Å². The SMILES string of the molecule is CCOc1ccc(CCC(=O)N(Cc2ccc(OC)cc2)[C@@H](CC)C(=O)NC(C)C)cc1OCC. The molecule has 7 heteroatoms. The lowest BCUT2D eigenvalue weighted by molar-refractivity contribution is -0.141. The topological polar surface area (TPSA) is 77.1 Å². The van der Waals surface area contributed by atoms with Crippen LogP contribution in [-0.4, -0.2) is 49.1 Å². The van der Waals surface area contributed by atoms with Crippen LogP contribution in [0, 0.1) is 0 Å². The zero-order chi connectivity index (χ0) is 25.8. The second-order valence-electron chi connectivity index (χ2n) is 8.60. The summed E-state index contributed by atoms with van der Waals surface area (Å²) in [4.78, 5) is 28.1. The number of methoxy groups -OCH3 is 1. The molecule has 0 radical (unpaired) electrons. The molecule has 192 valence electrons. The van der Waals surface area contributed by atoms with E-state index in [9.17, 15) is 9.59 Å².